The van der Waals surface area contributed by atoms with E-state index < -0.39 is 0 Å². The number of rotatable bonds is 4. The van der Waals surface area contributed by atoms with Gasteiger partial charge in [-0.15, -0.1) is 0 Å². The van der Waals surface area contributed by atoms with Crippen LogP contribution in [-0.2, 0) is 13.0 Å². The third-order valence-electron chi connectivity index (χ3n) is 4.64. The Bertz CT molecular complexity index is 926. The van der Waals surface area contributed by atoms with Crippen LogP contribution in [-0.4, -0.2) is 34.4 Å². The maximum Gasteiger partial charge on any atom is 0.272 e. The van der Waals surface area contributed by atoms with Crippen LogP contribution in [0, 0.1) is 0 Å². The van der Waals surface area contributed by atoms with Gasteiger partial charge in [0.15, 0.2) is 0 Å². The van der Waals surface area contributed by atoms with E-state index in [-0.39, 0.29) is 5.91 Å². The fourth-order valence-corrected chi connectivity index (χ4v) is 3.31. The number of anilines is 2. The summed E-state index contributed by atoms with van der Waals surface area (Å²) in [4.78, 5) is 25.2. The number of amides is 1. The molecule has 3 aromatic rings. The minimum atomic E-state index is -0.106. The summed E-state index contributed by atoms with van der Waals surface area (Å²) in [6.07, 6.45) is 2.46. The Balaban J connectivity index is 1.55. The summed E-state index contributed by atoms with van der Waals surface area (Å²) in [5, 5.41) is 0. The molecule has 2 aromatic carbocycles. The van der Waals surface area contributed by atoms with Gasteiger partial charge in [0.2, 0.25) is 0 Å². The average Bonchev–Trinajstić information content (AvgIpc) is 3.12. The molecule has 0 saturated carbocycles. The Morgan fingerprint density at radius 2 is 1.85 bits per heavy atom. The first-order chi connectivity index (χ1) is 12.7. The molecule has 130 valence electrons. The van der Waals surface area contributed by atoms with E-state index in [1.165, 1.54) is 11.9 Å². The molecule has 0 radical (unpaired) electrons. The van der Waals surface area contributed by atoms with E-state index in [4.69, 9.17) is 0 Å². The predicted octanol–water partition coefficient (Wildman–Crippen LogP) is 3.44. The summed E-state index contributed by atoms with van der Waals surface area (Å²) >= 11 is 0. The molecule has 0 saturated heterocycles. The van der Waals surface area contributed by atoms with Gasteiger partial charge in [0.05, 0.1) is 0 Å². The molecule has 0 atom stereocenters. The number of hydrogen-bond donors (Lipinski definition) is 0. The summed E-state index contributed by atoms with van der Waals surface area (Å²) in [5.41, 5.74) is 3.96. The Hall–Kier alpha value is -3.21. The summed E-state index contributed by atoms with van der Waals surface area (Å²) < 4.78 is 0. The smallest absolute Gasteiger partial charge is 0.272 e. The van der Waals surface area contributed by atoms with E-state index in [2.05, 4.69) is 33.1 Å². The molecular weight excluding hydrogens is 324 g/mol. The summed E-state index contributed by atoms with van der Waals surface area (Å²) in [5.74, 6) is 0.659. The minimum absolute atomic E-state index is 0.106. The molecule has 0 spiro atoms. The standard InChI is InChI=1S/C21H20N4O/c1-24(14-16-7-3-2-4-8-16)21(26)18-13-20(23-15-22-18)25-12-11-17-9-5-6-10-19(17)25/h2-10,13,15H,11-12,14H2,1H3. The second kappa shape index (κ2) is 6.96. The van der Waals surface area contributed by atoms with Crippen molar-refractivity contribution in [2.75, 3.05) is 18.5 Å². The largest absolute Gasteiger partial charge is 0.336 e. The molecular formula is C21H20N4O. The molecule has 1 amide bonds. The highest BCUT2D eigenvalue weighted by Gasteiger charge is 2.22. The van der Waals surface area contributed by atoms with Crippen molar-refractivity contribution in [3.63, 3.8) is 0 Å². The summed E-state index contributed by atoms with van der Waals surface area (Å²) in [6.45, 7) is 1.41. The van der Waals surface area contributed by atoms with Crippen LogP contribution in [0.4, 0.5) is 11.5 Å². The predicted molar refractivity (Wildman–Crippen MR) is 101 cm³/mol. The number of carbonyl (C=O) groups excluding carboxylic acids is 1. The summed E-state index contributed by atoms with van der Waals surface area (Å²) in [7, 11) is 1.79. The lowest BCUT2D eigenvalue weighted by molar-refractivity contribution is 0.0779. The number of nitrogens with zero attached hydrogens (tertiary/aromatic N) is 4. The van der Waals surface area contributed by atoms with Crippen LogP contribution in [0.2, 0.25) is 0 Å². The second-order valence-corrected chi connectivity index (χ2v) is 6.44. The minimum Gasteiger partial charge on any atom is -0.336 e. The van der Waals surface area contributed by atoms with Gasteiger partial charge in [-0.3, -0.25) is 4.79 Å². The molecule has 0 fully saturated rings. The van der Waals surface area contributed by atoms with Gasteiger partial charge in [0.25, 0.3) is 5.91 Å². The van der Waals surface area contributed by atoms with Crippen molar-refractivity contribution >= 4 is 17.4 Å². The Morgan fingerprint density at radius 3 is 2.69 bits per heavy atom. The molecule has 1 aliphatic rings. The first-order valence-corrected chi connectivity index (χ1v) is 8.69. The van der Waals surface area contributed by atoms with Crippen LogP contribution in [0.3, 0.4) is 0 Å². The normalized spacial score (nSPS) is 12.7. The number of para-hydroxylation sites is 1. The van der Waals surface area contributed by atoms with Gasteiger partial charge in [-0.25, -0.2) is 9.97 Å². The van der Waals surface area contributed by atoms with Crippen molar-refractivity contribution in [1.82, 2.24) is 14.9 Å². The van der Waals surface area contributed by atoms with E-state index in [1.54, 1.807) is 18.0 Å². The molecule has 1 aromatic heterocycles. The fourth-order valence-electron chi connectivity index (χ4n) is 3.31. The van der Waals surface area contributed by atoms with Gasteiger partial charge >= 0.3 is 0 Å². The molecule has 5 nitrogen and oxygen atoms in total. The van der Waals surface area contributed by atoms with Crippen LogP contribution in [0.15, 0.2) is 67.0 Å². The lowest BCUT2D eigenvalue weighted by Gasteiger charge is -2.20. The van der Waals surface area contributed by atoms with E-state index in [0.717, 1.165) is 30.0 Å². The van der Waals surface area contributed by atoms with Crippen molar-refractivity contribution < 1.29 is 4.79 Å². The number of aromatic nitrogens is 2. The van der Waals surface area contributed by atoms with Gasteiger partial charge in [0, 0.05) is 31.9 Å². The molecule has 26 heavy (non-hydrogen) atoms. The average molecular weight is 344 g/mol. The van der Waals surface area contributed by atoms with E-state index in [9.17, 15) is 4.79 Å². The van der Waals surface area contributed by atoms with E-state index in [0.29, 0.717) is 12.2 Å². The van der Waals surface area contributed by atoms with Crippen LogP contribution in [0.25, 0.3) is 0 Å². The van der Waals surface area contributed by atoms with Crippen LogP contribution in [0.5, 0.6) is 0 Å². The molecule has 0 N–H and O–H groups in total. The molecule has 1 aliphatic heterocycles. The quantitative estimate of drug-likeness (QED) is 0.727. The molecule has 0 unspecified atom stereocenters. The van der Waals surface area contributed by atoms with Crippen molar-refractivity contribution in [3.8, 4) is 0 Å². The van der Waals surface area contributed by atoms with Crippen molar-refractivity contribution in [2.24, 2.45) is 0 Å². The van der Waals surface area contributed by atoms with Crippen molar-refractivity contribution in [3.05, 3.63) is 83.8 Å². The van der Waals surface area contributed by atoms with Gasteiger partial charge in [0.1, 0.15) is 17.8 Å². The zero-order valence-corrected chi connectivity index (χ0v) is 14.7. The second-order valence-electron chi connectivity index (χ2n) is 6.44. The highest BCUT2D eigenvalue weighted by atomic mass is 16.2. The molecule has 0 aliphatic carbocycles. The van der Waals surface area contributed by atoms with Crippen molar-refractivity contribution in [1.29, 1.82) is 0 Å². The Labute approximate surface area is 152 Å². The Kier molecular flexibility index (Phi) is 4.35. The zero-order valence-electron chi connectivity index (χ0n) is 14.7. The number of carbonyl (C=O) groups is 1. The molecule has 5 heteroatoms. The van der Waals surface area contributed by atoms with Gasteiger partial charge in [-0.2, -0.15) is 0 Å². The monoisotopic (exact) mass is 344 g/mol. The fraction of sp³-hybridized carbons (Fsp3) is 0.190. The third-order valence-corrected chi connectivity index (χ3v) is 4.64. The van der Waals surface area contributed by atoms with Gasteiger partial charge in [-0.1, -0.05) is 48.5 Å². The first kappa shape index (κ1) is 16.3. The highest BCUT2D eigenvalue weighted by molar-refractivity contribution is 5.93. The number of benzene rings is 2. The van der Waals surface area contributed by atoms with Crippen LogP contribution >= 0.6 is 0 Å². The molecule has 4 rings (SSSR count). The van der Waals surface area contributed by atoms with Gasteiger partial charge in [-0.05, 0) is 23.6 Å². The lowest BCUT2D eigenvalue weighted by Crippen LogP contribution is -2.27. The lowest BCUT2D eigenvalue weighted by atomic mass is 10.2. The van der Waals surface area contributed by atoms with Crippen LogP contribution in [0.1, 0.15) is 21.6 Å². The van der Waals surface area contributed by atoms with Crippen molar-refractivity contribution in [2.45, 2.75) is 13.0 Å². The SMILES string of the molecule is CN(Cc1ccccc1)C(=O)c1cc(N2CCc3ccccc32)ncn1. The topological polar surface area (TPSA) is 49.3 Å². The Morgan fingerprint density at radius 1 is 1.08 bits per heavy atom. The maximum absolute atomic E-state index is 12.8. The number of fused-ring (bicyclic) bond motifs is 1. The van der Waals surface area contributed by atoms with E-state index in [1.807, 2.05) is 36.4 Å². The zero-order chi connectivity index (χ0) is 17.9. The van der Waals surface area contributed by atoms with Crippen LogP contribution < -0.4 is 4.90 Å². The van der Waals surface area contributed by atoms with Gasteiger partial charge < -0.3 is 9.80 Å². The first-order valence-electron chi connectivity index (χ1n) is 8.69. The third kappa shape index (κ3) is 3.16. The summed E-state index contributed by atoms with van der Waals surface area (Å²) in [6, 6.07) is 20.0. The number of hydrogen-bond acceptors (Lipinski definition) is 4. The highest BCUT2D eigenvalue weighted by Crippen LogP contribution is 2.33. The van der Waals surface area contributed by atoms with E-state index >= 15 is 0 Å². The maximum atomic E-state index is 12.8. The molecule has 0 bridgehead atoms. The molecule has 2 heterocycles.